The molecule has 0 aliphatic carbocycles. The van der Waals surface area contributed by atoms with E-state index in [9.17, 15) is 13.2 Å². The average molecular weight is 585 g/mol. The van der Waals surface area contributed by atoms with Gasteiger partial charge in [-0.3, -0.25) is 0 Å². The molecule has 0 bridgehead atoms. The monoisotopic (exact) mass is 584 g/mol. The summed E-state index contributed by atoms with van der Waals surface area (Å²) in [5.41, 5.74) is -1.49. The summed E-state index contributed by atoms with van der Waals surface area (Å²) in [6, 6.07) is 4.84. The van der Waals surface area contributed by atoms with E-state index < -0.39 is 23.3 Å². The van der Waals surface area contributed by atoms with Gasteiger partial charge in [-0.05, 0) is 17.4 Å². The number of halogens is 4. The number of aromatic nitrogens is 4. The van der Waals surface area contributed by atoms with Crippen LogP contribution in [0.5, 0.6) is 16.7 Å². The van der Waals surface area contributed by atoms with Crippen LogP contribution in [0.15, 0.2) is 28.8 Å². The van der Waals surface area contributed by atoms with Crippen molar-refractivity contribution < 1.29 is 40.9 Å². The second kappa shape index (κ2) is 9.64. The summed E-state index contributed by atoms with van der Waals surface area (Å²) in [5, 5.41) is 4.96. The molecule has 15 heteroatoms. The van der Waals surface area contributed by atoms with Gasteiger partial charge < -0.3 is 23.4 Å². The first-order valence-corrected chi connectivity index (χ1v) is 13.3. The number of ether oxygens (including phenoxy) is 4. The van der Waals surface area contributed by atoms with Crippen molar-refractivity contribution in [2.45, 2.75) is 31.3 Å². The minimum Gasteiger partial charge on any atom is -0.496 e. The average Bonchev–Trinajstić information content (AvgIpc) is 3.68. The Balaban J connectivity index is 1.33. The summed E-state index contributed by atoms with van der Waals surface area (Å²) in [6.07, 6.45) is -3.16. The second-order valence-corrected chi connectivity index (χ2v) is 10.6. The van der Waals surface area contributed by atoms with Gasteiger partial charge in [0, 0.05) is 25.0 Å². The summed E-state index contributed by atoms with van der Waals surface area (Å²) in [4.78, 5) is 8.15. The van der Waals surface area contributed by atoms with Crippen molar-refractivity contribution in [2.24, 2.45) is 0 Å². The molecule has 206 valence electrons. The van der Waals surface area contributed by atoms with Crippen molar-refractivity contribution in [3.8, 4) is 28.1 Å². The molecule has 1 aliphatic rings. The Kier molecular flexibility index (Phi) is 6.38. The molecule has 0 saturated carbocycles. The first-order valence-electron chi connectivity index (χ1n) is 11.7. The third-order valence-corrected chi connectivity index (χ3v) is 8.45. The number of thiazole rings is 1. The maximum atomic E-state index is 15.4. The number of methoxy groups -OCH3 is 2. The fourth-order valence-corrected chi connectivity index (χ4v) is 6.02. The van der Waals surface area contributed by atoms with E-state index in [0.29, 0.717) is 49.7 Å². The number of hydrogen-bond donors (Lipinski definition) is 0. The smallest absolute Gasteiger partial charge is 0.427 e. The summed E-state index contributed by atoms with van der Waals surface area (Å²) in [5.74, 6) is 0.977. The molecule has 0 unspecified atom stereocenters. The van der Waals surface area contributed by atoms with E-state index in [4.69, 9.17) is 23.4 Å². The highest BCUT2D eigenvalue weighted by molar-refractivity contribution is 7.18. The van der Waals surface area contributed by atoms with Gasteiger partial charge in [0.15, 0.2) is 11.4 Å². The quantitative estimate of drug-likeness (QED) is 0.207. The van der Waals surface area contributed by atoms with Crippen LogP contribution in [-0.2, 0) is 23.2 Å². The maximum Gasteiger partial charge on any atom is 0.427 e. The van der Waals surface area contributed by atoms with Gasteiger partial charge in [0.1, 0.15) is 45.0 Å². The molecule has 0 atom stereocenters. The van der Waals surface area contributed by atoms with E-state index in [1.807, 2.05) is 0 Å². The molecule has 0 spiro atoms. The van der Waals surface area contributed by atoms with Crippen molar-refractivity contribution >= 4 is 38.6 Å². The van der Waals surface area contributed by atoms with Gasteiger partial charge in [-0.1, -0.05) is 0 Å². The zero-order valence-corrected chi connectivity index (χ0v) is 22.1. The molecule has 1 aliphatic heterocycles. The fourth-order valence-electron chi connectivity index (χ4n) is 4.25. The van der Waals surface area contributed by atoms with E-state index >= 15 is 4.39 Å². The van der Waals surface area contributed by atoms with Gasteiger partial charge in [-0.25, -0.2) is 18.9 Å². The number of hydrogen-bond acceptors (Lipinski definition) is 10. The standard InChI is InChI=1S/C24H20F4N4O5S2/c1-33-12-7-16(13-9-18(37-17(13)8-12)14-10-32-21(30-14)39-22(31-32)34-2)36-11-15-19(24(26,27)28)38-20(29-15)23(25)3-5-35-6-4-23/h7-10H,3-6,11H2,1-2H3. The van der Waals surface area contributed by atoms with E-state index in [-0.39, 0.29) is 42.5 Å². The minimum absolute atomic E-state index is 0.0551. The Morgan fingerprint density at radius 3 is 2.56 bits per heavy atom. The normalized spacial score (nSPS) is 15.7. The topological polar surface area (TPSA) is 93.1 Å². The lowest BCUT2D eigenvalue weighted by Gasteiger charge is -2.27. The van der Waals surface area contributed by atoms with Crippen LogP contribution < -0.4 is 14.2 Å². The van der Waals surface area contributed by atoms with E-state index in [1.165, 1.54) is 31.6 Å². The van der Waals surface area contributed by atoms with Gasteiger partial charge in [0.2, 0.25) is 4.96 Å². The van der Waals surface area contributed by atoms with Crippen LogP contribution >= 0.6 is 22.7 Å². The molecule has 1 fully saturated rings. The van der Waals surface area contributed by atoms with Crippen LogP contribution in [0, 0.1) is 0 Å². The van der Waals surface area contributed by atoms with E-state index in [1.54, 1.807) is 22.8 Å². The summed E-state index contributed by atoms with van der Waals surface area (Å²) in [7, 11) is 2.96. The van der Waals surface area contributed by atoms with Crippen molar-refractivity contribution in [3.05, 3.63) is 40.0 Å². The third kappa shape index (κ3) is 4.78. The summed E-state index contributed by atoms with van der Waals surface area (Å²) in [6.45, 7) is -0.303. The highest BCUT2D eigenvalue weighted by Gasteiger charge is 2.43. The summed E-state index contributed by atoms with van der Waals surface area (Å²) < 4.78 is 86.0. The van der Waals surface area contributed by atoms with Crippen LogP contribution in [0.25, 0.3) is 27.4 Å². The number of benzene rings is 1. The zero-order chi connectivity index (χ0) is 27.4. The Morgan fingerprint density at radius 1 is 1.08 bits per heavy atom. The number of imidazole rings is 1. The van der Waals surface area contributed by atoms with Crippen LogP contribution in [0.1, 0.15) is 28.4 Å². The number of furan rings is 1. The maximum absolute atomic E-state index is 15.4. The molecule has 6 rings (SSSR count). The summed E-state index contributed by atoms with van der Waals surface area (Å²) >= 11 is 1.56. The molecule has 0 N–H and O–H groups in total. The van der Waals surface area contributed by atoms with Gasteiger partial charge in [0.25, 0.3) is 5.19 Å². The second-order valence-electron chi connectivity index (χ2n) is 8.73. The number of fused-ring (bicyclic) bond motifs is 2. The predicted molar refractivity (Wildman–Crippen MR) is 133 cm³/mol. The first kappa shape index (κ1) is 25.8. The van der Waals surface area contributed by atoms with E-state index in [2.05, 4.69) is 15.1 Å². The van der Waals surface area contributed by atoms with Gasteiger partial charge >= 0.3 is 6.18 Å². The highest BCUT2D eigenvalue weighted by Crippen LogP contribution is 2.45. The zero-order valence-electron chi connectivity index (χ0n) is 20.5. The first-order chi connectivity index (χ1) is 18.7. The van der Waals surface area contributed by atoms with Crippen molar-refractivity contribution in [2.75, 3.05) is 27.4 Å². The highest BCUT2D eigenvalue weighted by atomic mass is 32.1. The number of alkyl halides is 4. The van der Waals surface area contributed by atoms with Crippen LogP contribution in [0.3, 0.4) is 0 Å². The lowest BCUT2D eigenvalue weighted by molar-refractivity contribution is -0.135. The van der Waals surface area contributed by atoms with Gasteiger partial charge in [-0.2, -0.15) is 13.2 Å². The Bertz CT molecular complexity index is 1620. The van der Waals surface area contributed by atoms with Gasteiger partial charge in [0.05, 0.1) is 39.0 Å². The van der Waals surface area contributed by atoms with Crippen LogP contribution in [-0.4, -0.2) is 47.0 Å². The van der Waals surface area contributed by atoms with Crippen molar-refractivity contribution in [1.29, 1.82) is 0 Å². The molecular weight excluding hydrogens is 564 g/mol. The third-order valence-electron chi connectivity index (χ3n) is 6.25. The molecule has 4 aromatic heterocycles. The Morgan fingerprint density at radius 2 is 1.87 bits per heavy atom. The number of rotatable bonds is 7. The largest absolute Gasteiger partial charge is 0.496 e. The molecule has 39 heavy (non-hydrogen) atoms. The lowest BCUT2D eigenvalue weighted by atomic mass is 9.97. The lowest BCUT2D eigenvalue weighted by Crippen LogP contribution is -2.29. The molecule has 0 radical (unpaired) electrons. The van der Waals surface area contributed by atoms with Crippen molar-refractivity contribution in [1.82, 2.24) is 19.6 Å². The minimum atomic E-state index is -4.71. The van der Waals surface area contributed by atoms with Crippen LogP contribution in [0.4, 0.5) is 17.6 Å². The fraction of sp³-hybridized carbons (Fsp3) is 0.375. The predicted octanol–water partition coefficient (Wildman–Crippen LogP) is 6.25. The Labute approximate surface area is 225 Å². The molecule has 1 saturated heterocycles. The van der Waals surface area contributed by atoms with Crippen LogP contribution in [0.2, 0.25) is 0 Å². The molecule has 9 nitrogen and oxygen atoms in total. The SMILES string of the molecule is COc1cc(OCc2nc(C3(F)CCOCC3)sc2C(F)(F)F)c2cc(-c3cn4nc(OC)sc4n3)oc2c1. The molecule has 5 aromatic rings. The molecule has 1 aromatic carbocycles. The Hall–Kier alpha value is -3.43. The van der Waals surface area contributed by atoms with Crippen molar-refractivity contribution in [3.63, 3.8) is 0 Å². The molecule has 0 amide bonds. The van der Waals surface area contributed by atoms with Gasteiger partial charge in [-0.15, -0.1) is 16.4 Å². The number of nitrogens with zero attached hydrogens (tertiary/aromatic N) is 4. The van der Waals surface area contributed by atoms with E-state index in [0.717, 1.165) is 0 Å². The molecular formula is C24H20F4N4O5S2. The molecule has 5 heterocycles.